The highest BCUT2D eigenvalue weighted by Crippen LogP contribution is 2.89. The van der Waals surface area contributed by atoms with Crippen LogP contribution in [0.25, 0.3) is 33.4 Å². The molecule has 12 rings (SSSR count). The molecule has 6 aromatic carbocycles. The average Bonchev–Trinajstić information content (AvgIpc) is 3.84. The molecule has 6 aliphatic carbocycles. The van der Waals surface area contributed by atoms with Crippen molar-refractivity contribution in [2.24, 2.45) is 29.1 Å². The third kappa shape index (κ3) is 4.05. The van der Waals surface area contributed by atoms with E-state index in [0.717, 1.165) is 23.7 Å². The van der Waals surface area contributed by atoms with Gasteiger partial charge in [0.2, 0.25) is 0 Å². The zero-order valence-corrected chi connectivity index (χ0v) is 32.8. The zero-order chi connectivity index (χ0) is 36.9. The van der Waals surface area contributed by atoms with Crippen molar-refractivity contribution in [2.45, 2.75) is 82.5 Å². The lowest BCUT2D eigenvalue weighted by Gasteiger charge is -2.76. The first-order valence-electron chi connectivity index (χ1n) is 21.2. The minimum Gasteiger partial charge on any atom is -0.310 e. The van der Waals surface area contributed by atoms with Gasteiger partial charge in [-0.15, -0.1) is 0 Å². The summed E-state index contributed by atoms with van der Waals surface area (Å²) in [4.78, 5) is 2.62. The molecule has 6 atom stereocenters. The predicted molar refractivity (Wildman–Crippen MR) is 228 cm³/mol. The second-order valence-corrected chi connectivity index (χ2v) is 19.6. The first kappa shape index (κ1) is 32.4. The number of hydrogen-bond acceptors (Lipinski definition) is 1. The van der Waals surface area contributed by atoms with Gasteiger partial charge in [0, 0.05) is 16.8 Å². The van der Waals surface area contributed by atoms with Gasteiger partial charge in [0.15, 0.2) is 0 Å². The number of anilines is 3. The van der Waals surface area contributed by atoms with Crippen LogP contribution in [0, 0.1) is 29.1 Å². The quantitative estimate of drug-likeness (QED) is 0.172. The van der Waals surface area contributed by atoms with Crippen LogP contribution in [0.4, 0.5) is 17.1 Å². The molecule has 0 aliphatic heterocycles. The van der Waals surface area contributed by atoms with Gasteiger partial charge in [-0.25, -0.2) is 0 Å². The van der Waals surface area contributed by atoms with E-state index >= 15 is 0 Å². The van der Waals surface area contributed by atoms with Crippen molar-refractivity contribution in [3.63, 3.8) is 0 Å². The van der Waals surface area contributed by atoms with Gasteiger partial charge in [-0.3, -0.25) is 0 Å². The molecular formula is C54H51N. The molecule has 55 heavy (non-hydrogen) atoms. The molecule has 0 amide bonds. The molecular weight excluding hydrogens is 663 g/mol. The highest BCUT2D eigenvalue weighted by molar-refractivity contribution is 5.96. The van der Waals surface area contributed by atoms with Crippen molar-refractivity contribution >= 4 is 17.1 Å². The molecule has 0 saturated heterocycles. The van der Waals surface area contributed by atoms with E-state index in [9.17, 15) is 0 Å². The minimum absolute atomic E-state index is 0.0559. The molecule has 0 heterocycles. The van der Waals surface area contributed by atoms with Crippen LogP contribution in [0.2, 0.25) is 0 Å². The van der Waals surface area contributed by atoms with E-state index < -0.39 is 0 Å². The molecule has 4 fully saturated rings. The molecule has 1 heteroatoms. The molecule has 0 radical (unpaired) electrons. The number of fused-ring (bicyclic) bond motifs is 9. The lowest BCUT2D eigenvalue weighted by Crippen LogP contribution is -2.73. The fraction of sp³-hybridized carbons (Fsp3) is 0.333. The maximum absolute atomic E-state index is 2.62. The summed E-state index contributed by atoms with van der Waals surface area (Å²) in [5, 5.41) is 0. The van der Waals surface area contributed by atoms with E-state index in [0.29, 0.717) is 5.41 Å². The summed E-state index contributed by atoms with van der Waals surface area (Å²) >= 11 is 0. The molecule has 6 aromatic rings. The Bertz CT molecular complexity index is 2530. The van der Waals surface area contributed by atoms with Crippen molar-refractivity contribution in [2.75, 3.05) is 4.90 Å². The van der Waals surface area contributed by atoms with E-state index in [2.05, 4.69) is 172 Å². The summed E-state index contributed by atoms with van der Waals surface area (Å²) in [5.74, 6) is 3.48. The Balaban J connectivity index is 1.10. The van der Waals surface area contributed by atoms with Gasteiger partial charge in [-0.1, -0.05) is 137 Å². The molecule has 4 saturated carbocycles. The fourth-order valence-corrected chi connectivity index (χ4v) is 14.2. The van der Waals surface area contributed by atoms with Gasteiger partial charge in [-0.05, 0) is 164 Å². The standard InChI is InChI=1S/C54H51N/c1-51(2)27-28-52(3,4)50-45(51)19-12-20-46(50)55(39-23-21-36(22-24-39)35-13-7-5-8-14-35)40-25-26-43-42(32-40)49-41(37-15-9-6-10-16-37)17-11-18-44(49)54(43)47-30-34-29-38-31-48(54)53(38,47)33-34/h5-26,32,34,38,47-48H,27-31,33H2,1-4H3. The van der Waals surface area contributed by atoms with Gasteiger partial charge in [0.25, 0.3) is 0 Å². The smallest absolute Gasteiger partial charge is 0.0502 e. The summed E-state index contributed by atoms with van der Waals surface area (Å²) < 4.78 is 0. The van der Waals surface area contributed by atoms with Crippen LogP contribution in [-0.4, -0.2) is 0 Å². The third-order valence-electron chi connectivity index (χ3n) is 16.4. The van der Waals surface area contributed by atoms with E-state index in [1.807, 2.05) is 0 Å². The Morgan fingerprint density at radius 3 is 1.93 bits per heavy atom. The van der Waals surface area contributed by atoms with E-state index in [1.165, 1.54) is 100 Å². The topological polar surface area (TPSA) is 3.24 Å². The highest BCUT2D eigenvalue weighted by Gasteiger charge is 2.84. The Labute approximate surface area is 327 Å². The Morgan fingerprint density at radius 2 is 1.16 bits per heavy atom. The Kier molecular flexibility index (Phi) is 6.42. The lowest BCUT2D eigenvalue weighted by atomic mass is 9.27. The molecule has 1 nitrogen and oxygen atoms in total. The zero-order valence-electron chi connectivity index (χ0n) is 32.8. The Hall–Kier alpha value is -4.88. The number of hydrogen-bond donors (Lipinski definition) is 0. The second kappa shape index (κ2) is 10.9. The maximum Gasteiger partial charge on any atom is 0.0502 e. The summed E-state index contributed by atoms with van der Waals surface area (Å²) in [7, 11) is 0. The van der Waals surface area contributed by atoms with Crippen LogP contribution < -0.4 is 4.90 Å². The minimum atomic E-state index is 0.0559. The van der Waals surface area contributed by atoms with Crippen LogP contribution in [0.5, 0.6) is 0 Å². The molecule has 6 unspecified atom stereocenters. The largest absolute Gasteiger partial charge is 0.310 e. The van der Waals surface area contributed by atoms with Crippen molar-refractivity contribution in [1.82, 2.24) is 0 Å². The third-order valence-corrected chi connectivity index (χ3v) is 16.4. The van der Waals surface area contributed by atoms with Crippen LogP contribution in [0.3, 0.4) is 0 Å². The van der Waals surface area contributed by atoms with E-state index in [1.54, 1.807) is 11.1 Å². The van der Waals surface area contributed by atoms with Gasteiger partial charge in [-0.2, -0.15) is 0 Å². The Morgan fingerprint density at radius 1 is 0.509 bits per heavy atom. The summed E-state index contributed by atoms with van der Waals surface area (Å²) in [6.45, 7) is 9.85. The predicted octanol–water partition coefficient (Wildman–Crippen LogP) is 14.2. The van der Waals surface area contributed by atoms with Crippen LogP contribution >= 0.6 is 0 Å². The molecule has 6 aliphatic rings. The summed E-state index contributed by atoms with van der Waals surface area (Å²) in [6, 6.07) is 53.6. The van der Waals surface area contributed by atoms with E-state index in [4.69, 9.17) is 0 Å². The number of benzene rings is 6. The van der Waals surface area contributed by atoms with Gasteiger partial charge >= 0.3 is 0 Å². The summed E-state index contributed by atoms with van der Waals surface area (Å²) in [6.07, 6.45) is 8.21. The first-order valence-corrected chi connectivity index (χ1v) is 21.2. The molecule has 2 spiro atoms. The average molecular weight is 714 g/mol. The van der Waals surface area contributed by atoms with Gasteiger partial charge < -0.3 is 4.90 Å². The molecule has 272 valence electrons. The molecule has 0 aromatic heterocycles. The van der Waals surface area contributed by atoms with Crippen LogP contribution in [0.1, 0.15) is 88.5 Å². The summed E-state index contributed by atoms with van der Waals surface area (Å²) in [5.41, 5.74) is 19.2. The van der Waals surface area contributed by atoms with Gasteiger partial charge in [0.05, 0.1) is 5.69 Å². The number of rotatable bonds is 5. The fourth-order valence-electron chi connectivity index (χ4n) is 14.2. The molecule has 0 N–H and O–H groups in total. The van der Waals surface area contributed by atoms with Crippen molar-refractivity contribution in [3.05, 3.63) is 162 Å². The van der Waals surface area contributed by atoms with E-state index in [-0.39, 0.29) is 16.2 Å². The normalized spacial score (nSPS) is 29.1. The lowest BCUT2D eigenvalue weighted by molar-refractivity contribution is -0.231. The highest BCUT2D eigenvalue weighted by atomic mass is 15.1. The van der Waals surface area contributed by atoms with Crippen LogP contribution in [0.15, 0.2) is 140 Å². The second-order valence-electron chi connectivity index (χ2n) is 19.6. The van der Waals surface area contributed by atoms with Crippen LogP contribution in [-0.2, 0) is 16.2 Å². The van der Waals surface area contributed by atoms with Gasteiger partial charge in [0.1, 0.15) is 0 Å². The monoisotopic (exact) mass is 713 g/mol. The van der Waals surface area contributed by atoms with Crippen molar-refractivity contribution < 1.29 is 0 Å². The first-order chi connectivity index (χ1) is 26.7. The number of nitrogens with zero attached hydrogens (tertiary/aromatic N) is 1. The SMILES string of the molecule is CC1(C)CCC(C)(C)c2c(N(c3ccc(-c4ccccc4)cc3)c3ccc4c(c3)-c3c(-c5ccccc5)cccc3C43C4CC5CC6CC3C64C5)cccc21. The molecule has 2 bridgehead atoms. The van der Waals surface area contributed by atoms with Crippen molar-refractivity contribution in [1.29, 1.82) is 0 Å². The van der Waals surface area contributed by atoms with Crippen molar-refractivity contribution in [3.8, 4) is 33.4 Å². The maximum atomic E-state index is 2.62.